The molecule has 0 radical (unpaired) electrons. The Bertz CT molecular complexity index is 561. The maximum Gasteiger partial charge on any atom is 0.253 e. The fourth-order valence-corrected chi connectivity index (χ4v) is 1.62. The average Bonchev–Trinajstić information content (AvgIpc) is 2.42. The van der Waals surface area contributed by atoms with Crippen molar-refractivity contribution in [2.45, 2.75) is 13.3 Å². The number of nitriles is 1. The van der Waals surface area contributed by atoms with Crippen LogP contribution in [0.2, 0.25) is 0 Å². The lowest BCUT2D eigenvalue weighted by Gasteiger charge is -2.15. The second-order valence-corrected chi connectivity index (χ2v) is 4.17. The number of aryl methyl sites for hydroxylation is 1. The Kier molecular flexibility index (Phi) is 5.60. The van der Waals surface area contributed by atoms with E-state index in [1.807, 2.05) is 25.1 Å². The van der Waals surface area contributed by atoms with Crippen LogP contribution in [-0.4, -0.2) is 30.9 Å². The van der Waals surface area contributed by atoms with Crippen LogP contribution in [0, 0.1) is 30.1 Å². The topological polar surface area (TPSA) is 70.1 Å². The van der Waals surface area contributed by atoms with Gasteiger partial charge in [-0.2, -0.15) is 5.26 Å². The van der Waals surface area contributed by atoms with E-state index in [0.29, 0.717) is 25.1 Å². The van der Waals surface area contributed by atoms with Crippen LogP contribution in [0.5, 0.6) is 0 Å². The number of hydrogen-bond acceptors (Lipinski definition) is 3. The summed E-state index contributed by atoms with van der Waals surface area (Å²) in [5, 5.41) is 8.52. The van der Waals surface area contributed by atoms with Crippen molar-refractivity contribution in [2.75, 3.05) is 20.1 Å². The molecule has 1 aromatic rings. The highest BCUT2D eigenvalue weighted by molar-refractivity contribution is 5.94. The monoisotopic (exact) mass is 255 g/mol. The number of nitrogens with zero attached hydrogens (tertiary/aromatic N) is 2. The molecule has 4 heteroatoms. The van der Waals surface area contributed by atoms with Crippen molar-refractivity contribution in [1.29, 1.82) is 5.26 Å². The first kappa shape index (κ1) is 14.8. The summed E-state index contributed by atoms with van der Waals surface area (Å²) in [4.78, 5) is 13.6. The van der Waals surface area contributed by atoms with Crippen LogP contribution >= 0.6 is 0 Å². The van der Waals surface area contributed by atoms with Gasteiger partial charge in [0.15, 0.2) is 0 Å². The molecule has 0 bridgehead atoms. The van der Waals surface area contributed by atoms with Crippen molar-refractivity contribution < 1.29 is 4.79 Å². The summed E-state index contributed by atoms with van der Waals surface area (Å²) >= 11 is 0. The number of benzene rings is 1. The molecule has 4 nitrogen and oxygen atoms in total. The summed E-state index contributed by atoms with van der Waals surface area (Å²) in [7, 11) is 1.69. The van der Waals surface area contributed by atoms with E-state index in [9.17, 15) is 4.79 Å². The molecular weight excluding hydrogens is 238 g/mol. The maximum atomic E-state index is 12.1. The zero-order valence-corrected chi connectivity index (χ0v) is 11.2. The second-order valence-electron chi connectivity index (χ2n) is 4.17. The van der Waals surface area contributed by atoms with E-state index in [1.54, 1.807) is 18.0 Å². The lowest BCUT2D eigenvalue weighted by Crippen LogP contribution is -2.27. The Labute approximate surface area is 113 Å². The Balaban J connectivity index is 2.89. The zero-order valence-electron chi connectivity index (χ0n) is 11.2. The molecule has 0 aliphatic carbocycles. The largest absolute Gasteiger partial charge is 0.341 e. The third kappa shape index (κ3) is 4.13. The summed E-state index contributed by atoms with van der Waals surface area (Å²) in [6.45, 7) is 2.66. The van der Waals surface area contributed by atoms with Gasteiger partial charge in [0.2, 0.25) is 0 Å². The first-order chi connectivity index (χ1) is 9.10. The molecule has 1 aromatic carbocycles. The van der Waals surface area contributed by atoms with Gasteiger partial charge >= 0.3 is 0 Å². The molecular formula is C15H17N3O. The predicted molar refractivity (Wildman–Crippen MR) is 74.3 cm³/mol. The van der Waals surface area contributed by atoms with Crippen molar-refractivity contribution in [2.24, 2.45) is 5.73 Å². The minimum atomic E-state index is -0.0864. The minimum absolute atomic E-state index is 0.0864. The van der Waals surface area contributed by atoms with E-state index in [0.717, 1.165) is 11.1 Å². The van der Waals surface area contributed by atoms with Gasteiger partial charge in [-0.25, -0.2) is 0 Å². The van der Waals surface area contributed by atoms with Crippen molar-refractivity contribution in [3.8, 4) is 17.9 Å². The standard InChI is InChI=1S/C15H17N3O/c1-12-11-14(7-6-13(12)5-3-8-16)15(19)18(2)10-4-9-17/h6-7,11H,4,8,10,16H2,1-2H3. The third-order valence-corrected chi connectivity index (χ3v) is 2.70. The molecule has 0 aliphatic rings. The summed E-state index contributed by atoms with van der Waals surface area (Å²) in [6.07, 6.45) is 0.335. The smallest absolute Gasteiger partial charge is 0.253 e. The van der Waals surface area contributed by atoms with Gasteiger partial charge < -0.3 is 10.6 Å². The molecule has 1 rings (SSSR count). The number of hydrogen-bond donors (Lipinski definition) is 1. The van der Waals surface area contributed by atoms with E-state index < -0.39 is 0 Å². The quantitative estimate of drug-likeness (QED) is 0.827. The van der Waals surface area contributed by atoms with Gasteiger partial charge in [-0.3, -0.25) is 4.79 Å². The zero-order chi connectivity index (χ0) is 14.3. The molecule has 0 heterocycles. The first-order valence-electron chi connectivity index (χ1n) is 6.02. The Hall–Kier alpha value is -2.30. The van der Waals surface area contributed by atoms with Crippen LogP contribution in [0.4, 0.5) is 0 Å². The maximum absolute atomic E-state index is 12.1. The lowest BCUT2D eigenvalue weighted by atomic mass is 10.0. The highest BCUT2D eigenvalue weighted by Crippen LogP contribution is 2.12. The Morgan fingerprint density at radius 3 is 2.79 bits per heavy atom. The fourth-order valence-electron chi connectivity index (χ4n) is 1.62. The van der Waals surface area contributed by atoms with Gasteiger partial charge in [-0.1, -0.05) is 11.8 Å². The van der Waals surface area contributed by atoms with Crippen LogP contribution in [0.25, 0.3) is 0 Å². The number of amides is 1. The first-order valence-corrected chi connectivity index (χ1v) is 6.02. The predicted octanol–water partition coefficient (Wildman–Crippen LogP) is 1.29. The average molecular weight is 255 g/mol. The van der Waals surface area contributed by atoms with E-state index in [-0.39, 0.29) is 5.91 Å². The summed E-state index contributed by atoms with van der Waals surface area (Å²) in [5.74, 6) is 5.66. The van der Waals surface area contributed by atoms with E-state index in [2.05, 4.69) is 11.8 Å². The SMILES string of the molecule is Cc1cc(C(=O)N(C)CCC#N)ccc1C#CCN. The summed E-state index contributed by atoms with van der Waals surface area (Å²) in [5.41, 5.74) is 7.76. The Morgan fingerprint density at radius 2 is 2.21 bits per heavy atom. The van der Waals surface area contributed by atoms with Gasteiger partial charge in [-0.05, 0) is 30.7 Å². The molecule has 19 heavy (non-hydrogen) atoms. The van der Waals surface area contributed by atoms with Crippen LogP contribution in [0.1, 0.15) is 27.9 Å². The lowest BCUT2D eigenvalue weighted by molar-refractivity contribution is 0.0798. The van der Waals surface area contributed by atoms with E-state index in [1.165, 1.54) is 0 Å². The minimum Gasteiger partial charge on any atom is -0.341 e. The summed E-state index contributed by atoms with van der Waals surface area (Å²) in [6, 6.07) is 7.41. The van der Waals surface area contributed by atoms with E-state index >= 15 is 0 Å². The number of carbonyl (C=O) groups is 1. The van der Waals surface area contributed by atoms with Crippen LogP contribution in [0.3, 0.4) is 0 Å². The highest BCUT2D eigenvalue weighted by atomic mass is 16.2. The van der Waals surface area contributed by atoms with Crippen molar-refractivity contribution in [3.63, 3.8) is 0 Å². The van der Waals surface area contributed by atoms with Crippen molar-refractivity contribution >= 4 is 5.91 Å². The normalized spacial score (nSPS) is 9.16. The van der Waals surface area contributed by atoms with Crippen LogP contribution in [-0.2, 0) is 0 Å². The molecule has 0 saturated heterocycles. The van der Waals surface area contributed by atoms with Gasteiger partial charge in [0, 0.05) is 24.7 Å². The third-order valence-electron chi connectivity index (χ3n) is 2.70. The van der Waals surface area contributed by atoms with Gasteiger partial charge in [0.1, 0.15) is 0 Å². The van der Waals surface area contributed by atoms with Gasteiger partial charge in [0.05, 0.1) is 19.0 Å². The number of rotatable bonds is 3. The van der Waals surface area contributed by atoms with Gasteiger partial charge in [0.25, 0.3) is 5.91 Å². The highest BCUT2D eigenvalue weighted by Gasteiger charge is 2.11. The molecule has 0 aliphatic heterocycles. The van der Waals surface area contributed by atoms with Crippen LogP contribution in [0.15, 0.2) is 18.2 Å². The second kappa shape index (κ2) is 7.20. The van der Waals surface area contributed by atoms with Crippen molar-refractivity contribution in [3.05, 3.63) is 34.9 Å². The Morgan fingerprint density at radius 1 is 1.47 bits per heavy atom. The fraction of sp³-hybridized carbons (Fsp3) is 0.333. The van der Waals surface area contributed by atoms with Gasteiger partial charge in [-0.15, -0.1) is 0 Å². The molecule has 0 unspecified atom stereocenters. The molecule has 0 aromatic heterocycles. The molecule has 0 spiro atoms. The molecule has 1 amide bonds. The molecule has 0 fully saturated rings. The van der Waals surface area contributed by atoms with E-state index in [4.69, 9.17) is 11.0 Å². The van der Waals surface area contributed by atoms with Crippen LogP contribution < -0.4 is 5.73 Å². The molecule has 98 valence electrons. The molecule has 2 N–H and O–H groups in total. The van der Waals surface area contributed by atoms with Crippen molar-refractivity contribution in [1.82, 2.24) is 4.90 Å². The molecule has 0 atom stereocenters. The number of carbonyl (C=O) groups excluding carboxylic acids is 1. The number of nitrogens with two attached hydrogens (primary N) is 1. The molecule has 0 saturated carbocycles. The summed E-state index contributed by atoms with van der Waals surface area (Å²) < 4.78 is 0.